The summed E-state index contributed by atoms with van der Waals surface area (Å²) in [7, 11) is 1.55. The standard InChI is InChI=1S/C19H18F2N2O2S/c1-12-4-7-17(25-2)16(10-12)22-19-23(8-3-9-26-19)18(24)14-6-5-13(20)11-15(14)21/h4-7,10-11H,3,8-9H2,1-2H3. The van der Waals surface area contributed by atoms with Gasteiger partial charge in [-0.25, -0.2) is 13.8 Å². The first-order chi connectivity index (χ1) is 12.5. The van der Waals surface area contributed by atoms with Gasteiger partial charge in [-0.2, -0.15) is 0 Å². The summed E-state index contributed by atoms with van der Waals surface area (Å²) in [6, 6.07) is 8.54. The first-order valence-electron chi connectivity index (χ1n) is 8.12. The number of amides is 1. The number of hydrogen-bond acceptors (Lipinski definition) is 4. The number of carbonyl (C=O) groups excluding carboxylic acids is 1. The zero-order valence-corrected chi connectivity index (χ0v) is 15.3. The SMILES string of the molecule is COc1ccc(C)cc1N=C1SCCCN1C(=O)c1ccc(F)cc1F. The van der Waals surface area contributed by atoms with Crippen molar-refractivity contribution in [2.75, 3.05) is 19.4 Å². The highest BCUT2D eigenvalue weighted by atomic mass is 32.2. The molecule has 3 rings (SSSR count). The maximum absolute atomic E-state index is 14.0. The molecule has 0 bridgehead atoms. The highest BCUT2D eigenvalue weighted by Gasteiger charge is 2.27. The Morgan fingerprint density at radius 1 is 1.23 bits per heavy atom. The molecule has 0 radical (unpaired) electrons. The predicted octanol–water partition coefficient (Wildman–Crippen LogP) is 4.55. The van der Waals surface area contributed by atoms with E-state index in [4.69, 9.17) is 4.74 Å². The molecule has 0 aromatic heterocycles. The van der Waals surface area contributed by atoms with Crippen LogP contribution in [0.2, 0.25) is 0 Å². The Bertz CT molecular complexity index is 871. The van der Waals surface area contributed by atoms with Gasteiger partial charge in [0.1, 0.15) is 23.1 Å². The zero-order valence-electron chi connectivity index (χ0n) is 14.5. The predicted molar refractivity (Wildman–Crippen MR) is 99.3 cm³/mol. The molecule has 0 atom stereocenters. The van der Waals surface area contributed by atoms with Crippen molar-refractivity contribution in [3.05, 3.63) is 59.2 Å². The number of hydrogen-bond donors (Lipinski definition) is 0. The van der Waals surface area contributed by atoms with Gasteiger partial charge >= 0.3 is 0 Å². The number of amidine groups is 1. The Kier molecular flexibility index (Phi) is 5.56. The van der Waals surface area contributed by atoms with Crippen LogP contribution in [0.4, 0.5) is 14.5 Å². The van der Waals surface area contributed by atoms with Gasteiger partial charge in [-0.05, 0) is 43.2 Å². The molecule has 0 aliphatic carbocycles. The number of nitrogens with zero attached hydrogens (tertiary/aromatic N) is 2. The minimum absolute atomic E-state index is 0.169. The van der Waals surface area contributed by atoms with E-state index < -0.39 is 17.5 Å². The number of aliphatic imine (C=N–C) groups is 1. The van der Waals surface area contributed by atoms with Gasteiger partial charge in [0.25, 0.3) is 5.91 Å². The van der Waals surface area contributed by atoms with Gasteiger partial charge in [-0.3, -0.25) is 9.69 Å². The van der Waals surface area contributed by atoms with Gasteiger partial charge in [0, 0.05) is 18.4 Å². The van der Waals surface area contributed by atoms with Gasteiger partial charge in [0.05, 0.1) is 12.7 Å². The van der Waals surface area contributed by atoms with E-state index >= 15 is 0 Å². The highest BCUT2D eigenvalue weighted by Crippen LogP contribution is 2.31. The van der Waals surface area contributed by atoms with Gasteiger partial charge < -0.3 is 4.74 Å². The van der Waals surface area contributed by atoms with Crippen LogP contribution < -0.4 is 4.74 Å². The summed E-state index contributed by atoms with van der Waals surface area (Å²) < 4.78 is 32.5. The molecule has 0 N–H and O–H groups in total. The fraction of sp³-hybridized carbons (Fsp3) is 0.263. The lowest BCUT2D eigenvalue weighted by Crippen LogP contribution is -2.39. The van der Waals surface area contributed by atoms with Crippen LogP contribution in [0, 0.1) is 18.6 Å². The molecule has 2 aromatic rings. The normalized spacial score (nSPS) is 16.0. The van der Waals surface area contributed by atoms with Crippen LogP contribution in [0.5, 0.6) is 5.75 Å². The quantitative estimate of drug-likeness (QED) is 0.789. The first-order valence-corrected chi connectivity index (χ1v) is 9.11. The summed E-state index contributed by atoms with van der Waals surface area (Å²) in [6.45, 7) is 2.36. The lowest BCUT2D eigenvalue weighted by molar-refractivity contribution is 0.0844. The average molecular weight is 376 g/mol. The highest BCUT2D eigenvalue weighted by molar-refractivity contribution is 8.13. The third-order valence-corrected chi connectivity index (χ3v) is 5.01. The average Bonchev–Trinajstić information content (AvgIpc) is 2.62. The molecular formula is C19H18F2N2O2S. The van der Waals surface area contributed by atoms with Crippen molar-refractivity contribution in [1.82, 2.24) is 4.90 Å². The molecular weight excluding hydrogens is 358 g/mol. The van der Waals surface area contributed by atoms with Crippen LogP contribution in [0.1, 0.15) is 22.3 Å². The largest absolute Gasteiger partial charge is 0.494 e. The minimum Gasteiger partial charge on any atom is -0.494 e. The second-order valence-corrected chi connectivity index (χ2v) is 6.91. The number of benzene rings is 2. The van der Waals surface area contributed by atoms with Gasteiger partial charge in [-0.1, -0.05) is 17.8 Å². The van der Waals surface area contributed by atoms with Crippen molar-refractivity contribution in [3.63, 3.8) is 0 Å². The molecule has 0 saturated carbocycles. The van der Waals surface area contributed by atoms with Crippen molar-refractivity contribution in [3.8, 4) is 5.75 Å². The maximum atomic E-state index is 14.0. The summed E-state index contributed by atoms with van der Waals surface area (Å²) in [4.78, 5) is 18.8. The van der Waals surface area contributed by atoms with Crippen LogP contribution in [-0.4, -0.2) is 35.4 Å². The number of ether oxygens (including phenoxy) is 1. The van der Waals surface area contributed by atoms with E-state index in [0.29, 0.717) is 29.2 Å². The molecule has 1 amide bonds. The first kappa shape index (κ1) is 18.4. The zero-order chi connectivity index (χ0) is 18.7. The third kappa shape index (κ3) is 3.88. The molecule has 1 fully saturated rings. The number of rotatable bonds is 3. The molecule has 0 unspecified atom stereocenters. The van der Waals surface area contributed by atoms with Crippen molar-refractivity contribution >= 4 is 28.5 Å². The van der Waals surface area contributed by atoms with Crippen LogP contribution in [0.25, 0.3) is 0 Å². The topological polar surface area (TPSA) is 41.9 Å². The van der Waals surface area contributed by atoms with E-state index in [-0.39, 0.29) is 5.56 Å². The molecule has 26 heavy (non-hydrogen) atoms. The Morgan fingerprint density at radius 2 is 2.04 bits per heavy atom. The summed E-state index contributed by atoms with van der Waals surface area (Å²) in [6.07, 6.45) is 0.767. The molecule has 1 saturated heterocycles. The molecule has 2 aromatic carbocycles. The summed E-state index contributed by atoms with van der Waals surface area (Å²) in [5, 5.41) is 0.480. The minimum atomic E-state index is -0.877. The van der Waals surface area contributed by atoms with E-state index in [0.717, 1.165) is 29.9 Å². The number of aryl methyl sites for hydroxylation is 1. The third-order valence-electron chi connectivity index (χ3n) is 3.95. The number of halogens is 2. The Balaban J connectivity index is 1.98. The second-order valence-electron chi connectivity index (χ2n) is 5.85. The summed E-state index contributed by atoms with van der Waals surface area (Å²) in [5.41, 5.74) is 1.44. The Morgan fingerprint density at radius 3 is 2.77 bits per heavy atom. The van der Waals surface area contributed by atoms with E-state index in [1.807, 2.05) is 25.1 Å². The molecule has 1 heterocycles. The van der Waals surface area contributed by atoms with Crippen molar-refractivity contribution in [1.29, 1.82) is 0 Å². The molecule has 1 aliphatic rings. The fourth-order valence-electron chi connectivity index (χ4n) is 2.64. The van der Waals surface area contributed by atoms with E-state index in [1.165, 1.54) is 16.7 Å². The lowest BCUT2D eigenvalue weighted by Gasteiger charge is -2.28. The Hall–Kier alpha value is -2.41. The van der Waals surface area contributed by atoms with Crippen molar-refractivity contribution in [2.45, 2.75) is 13.3 Å². The maximum Gasteiger partial charge on any atom is 0.262 e. The summed E-state index contributed by atoms with van der Waals surface area (Å²) >= 11 is 1.43. The van der Waals surface area contributed by atoms with E-state index in [9.17, 15) is 13.6 Å². The molecule has 1 aliphatic heterocycles. The van der Waals surface area contributed by atoms with Gasteiger partial charge in [0.2, 0.25) is 0 Å². The second kappa shape index (κ2) is 7.86. The number of thioether (sulfide) groups is 1. The molecule has 0 spiro atoms. The fourth-order valence-corrected chi connectivity index (χ4v) is 3.59. The van der Waals surface area contributed by atoms with Gasteiger partial charge in [-0.15, -0.1) is 0 Å². The van der Waals surface area contributed by atoms with Crippen molar-refractivity contribution in [2.24, 2.45) is 4.99 Å². The Labute approximate surface area is 154 Å². The molecule has 136 valence electrons. The summed E-state index contributed by atoms with van der Waals surface area (Å²) in [5.74, 6) is -0.721. The number of carbonyl (C=O) groups is 1. The molecule has 7 heteroatoms. The van der Waals surface area contributed by atoms with Crippen LogP contribution in [0.3, 0.4) is 0 Å². The lowest BCUT2D eigenvalue weighted by atomic mass is 10.2. The van der Waals surface area contributed by atoms with Crippen LogP contribution in [0.15, 0.2) is 41.4 Å². The van der Waals surface area contributed by atoms with Crippen molar-refractivity contribution < 1.29 is 18.3 Å². The number of methoxy groups -OCH3 is 1. The molecule has 4 nitrogen and oxygen atoms in total. The smallest absolute Gasteiger partial charge is 0.262 e. The van der Waals surface area contributed by atoms with Gasteiger partial charge in [0.15, 0.2) is 5.17 Å². The van der Waals surface area contributed by atoms with E-state index in [2.05, 4.69) is 4.99 Å². The van der Waals surface area contributed by atoms with Crippen LogP contribution in [-0.2, 0) is 0 Å². The van der Waals surface area contributed by atoms with Crippen LogP contribution >= 0.6 is 11.8 Å². The monoisotopic (exact) mass is 376 g/mol. The van der Waals surface area contributed by atoms with E-state index in [1.54, 1.807) is 7.11 Å².